The Bertz CT molecular complexity index is 587. The summed E-state index contributed by atoms with van der Waals surface area (Å²) in [6.07, 6.45) is 8.39. The van der Waals surface area contributed by atoms with Crippen LogP contribution in [0, 0.1) is 5.92 Å². The normalized spacial score (nSPS) is 19.3. The SMILES string of the molecule is CC1CCN(C(=O)CCN(C(=O)c2ccccc2)C2CCCCC2)CC1. The van der Waals surface area contributed by atoms with E-state index >= 15 is 0 Å². The summed E-state index contributed by atoms with van der Waals surface area (Å²) in [5.41, 5.74) is 0.734. The largest absolute Gasteiger partial charge is 0.343 e. The maximum absolute atomic E-state index is 13.1. The Hall–Kier alpha value is -1.84. The van der Waals surface area contributed by atoms with E-state index in [1.54, 1.807) is 0 Å². The lowest BCUT2D eigenvalue weighted by molar-refractivity contribution is -0.132. The zero-order valence-electron chi connectivity index (χ0n) is 16.0. The molecule has 4 nitrogen and oxygen atoms in total. The zero-order valence-corrected chi connectivity index (χ0v) is 16.0. The molecule has 0 radical (unpaired) electrons. The third-order valence-corrected chi connectivity index (χ3v) is 6.00. The van der Waals surface area contributed by atoms with Crippen LogP contribution in [0.25, 0.3) is 0 Å². The highest BCUT2D eigenvalue weighted by atomic mass is 16.2. The first-order valence-corrected chi connectivity index (χ1v) is 10.3. The summed E-state index contributed by atoms with van der Waals surface area (Å²) in [6, 6.07) is 9.80. The van der Waals surface area contributed by atoms with Gasteiger partial charge in [0.15, 0.2) is 0 Å². The molecule has 3 rings (SSSR count). The maximum Gasteiger partial charge on any atom is 0.254 e. The Morgan fingerprint density at radius 3 is 2.31 bits per heavy atom. The fourth-order valence-electron chi connectivity index (χ4n) is 4.22. The molecule has 4 heteroatoms. The van der Waals surface area contributed by atoms with E-state index < -0.39 is 0 Å². The maximum atomic E-state index is 13.1. The second kappa shape index (κ2) is 9.20. The van der Waals surface area contributed by atoms with Crippen LogP contribution >= 0.6 is 0 Å². The standard InChI is InChI=1S/C22H32N2O2/c1-18-12-15-23(16-13-18)21(25)14-17-24(20-10-6-3-7-11-20)22(26)19-8-4-2-5-9-19/h2,4-5,8-9,18,20H,3,6-7,10-17H2,1H3. The molecular formula is C22H32N2O2. The van der Waals surface area contributed by atoms with Crippen molar-refractivity contribution < 1.29 is 9.59 Å². The molecule has 1 heterocycles. The van der Waals surface area contributed by atoms with Crippen LogP contribution in [0.1, 0.15) is 68.6 Å². The van der Waals surface area contributed by atoms with Gasteiger partial charge in [-0.15, -0.1) is 0 Å². The lowest BCUT2D eigenvalue weighted by Gasteiger charge is -2.35. The first kappa shape index (κ1) is 18.9. The number of hydrogen-bond donors (Lipinski definition) is 0. The average Bonchev–Trinajstić information content (AvgIpc) is 2.70. The fourth-order valence-corrected chi connectivity index (χ4v) is 4.22. The Balaban J connectivity index is 1.63. The van der Waals surface area contributed by atoms with E-state index in [4.69, 9.17) is 0 Å². The molecule has 0 N–H and O–H groups in total. The fraction of sp³-hybridized carbons (Fsp3) is 0.636. The highest BCUT2D eigenvalue weighted by Crippen LogP contribution is 2.25. The first-order chi connectivity index (χ1) is 12.6. The van der Waals surface area contributed by atoms with Crippen molar-refractivity contribution in [2.24, 2.45) is 5.92 Å². The van der Waals surface area contributed by atoms with Crippen LogP contribution in [0.5, 0.6) is 0 Å². The monoisotopic (exact) mass is 356 g/mol. The lowest BCUT2D eigenvalue weighted by atomic mass is 9.93. The molecule has 142 valence electrons. The molecule has 0 atom stereocenters. The minimum Gasteiger partial charge on any atom is -0.343 e. The number of rotatable bonds is 5. The number of amides is 2. The van der Waals surface area contributed by atoms with Crippen molar-refractivity contribution in [2.45, 2.75) is 64.3 Å². The van der Waals surface area contributed by atoms with Gasteiger partial charge in [-0.3, -0.25) is 9.59 Å². The van der Waals surface area contributed by atoms with Crippen molar-refractivity contribution in [3.8, 4) is 0 Å². The predicted molar refractivity (Wildman–Crippen MR) is 104 cm³/mol. The predicted octanol–water partition coefficient (Wildman–Crippen LogP) is 4.11. The molecule has 1 aromatic rings. The molecule has 26 heavy (non-hydrogen) atoms. The summed E-state index contributed by atoms with van der Waals surface area (Å²) in [5.74, 6) is 1.01. The zero-order chi connectivity index (χ0) is 18.4. The van der Waals surface area contributed by atoms with E-state index in [0.29, 0.717) is 13.0 Å². The topological polar surface area (TPSA) is 40.6 Å². The van der Waals surface area contributed by atoms with E-state index in [1.165, 1.54) is 19.3 Å². The molecule has 1 aliphatic carbocycles. The van der Waals surface area contributed by atoms with Crippen molar-refractivity contribution in [3.05, 3.63) is 35.9 Å². The number of hydrogen-bond acceptors (Lipinski definition) is 2. The van der Waals surface area contributed by atoms with E-state index in [9.17, 15) is 9.59 Å². The summed E-state index contributed by atoms with van der Waals surface area (Å²) >= 11 is 0. The van der Waals surface area contributed by atoms with E-state index in [1.807, 2.05) is 40.1 Å². The van der Waals surface area contributed by atoms with Crippen molar-refractivity contribution >= 4 is 11.8 Å². The molecule has 2 aliphatic rings. The number of piperidine rings is 1. The number of carbonyl (C=O) groups excluding carboxylic acids is 2. The van der Waals surface area contributed by atoms with Gasteiger partial charge in [0.25, 0.3) is 5.91 Å². The molecule has 1 saturated carbocycles. The van der Waals surface area contributed by atoms with Crippen LogP contribution in [0.2, 0.25) is 0 Å². The molecule has 1 saturated heterocycles. The second-order valence-corrected chi connectivity index (χ2v) is 7.97. The van der Waals surface area contributed by atoms with Crippen LogP contribution < -0.4 is 0 Å². The summed E-state index contributed by atoms with van der Waals surface area (Å²) in [4.78, 5) is 29.7. The van der Waals surface area contributed by atoms with Gasteiger partial charge in [-0.1, -0.05) is 44.4 Å². The van der Waals surface area contributed by atoms with Gasteiger partial charge in [-0.05, 0) is 43.7 Å². The molecule has 0 unspecified atom stereocenters. The third-order valence-electron chi connectivity index (χ3n) is 6.00. The number of likely N-dealkylation sites (tertiary alicyclic amines) is 1. The Kier molecular flexibility index (Phi) is 6.70. The quantitative estimate of drug-likeness (QED) is 0.796. The second-order valence-electron chi connectivity index (χ2n) is 7.97. The molecule has 0 aromatic heterocycles. The van der Waals surface area contributed by atoms with E-state index in [2.05, 4.69) is 6.92 Å². The summed E-state index contributed by atoms with van der Waals surface area (Å²) < 4.78 is 0. The molecule has 1 aliphatic heterocycles. The van der Waals surface area contributed by atoms with Gasteiger partial charge in [0.1, 0.15) is 0 Å². The molecule has 0 spiro atoms. The van der Waals surface area contributed by atoms with Gasteiger partial charge in [-0.2, -0.15) is 0 Å². The van der Waals surface area contributed by atoms with Gasteiger partial charge in [0.2, 0.25) is 5.91 Å². The Labute approximate surface area is 157 Å². The lowest BCUT2D eigenvalue weighted by Crippen LogP contribution is -2.45. The van der Waals surface area contributed by atoms with Crippen molar-refractivity contribution in [1.82, 2.24) is 9.80 Å². The smallest absolute Gasteiger partial charge is 0.254 e. The van der Waals surface area contributed by atoms with Gasteiger partial charge in [0, 0.05) is 37.7 Å². The van der Waals surface area contributed by atoms with Crippen LogP contribution in [-0.2, 0) is 4.79 Å². The molecule has 0 bridgehead atoms. The number of nitrogens with zero attached hydrogens (tertiary/aromatic N) is 2. The molecule has 1 aromatic carbocycles. The number of benzene rings is 1. The Morgan fingerprint density at radius 2 is 1.65 bits per heavy atom. The van der Waals surface area contributed by atoms with Gasteiger partial charge in [0.05, 0.1) is 0 Å². The highest BCUT2D eigenvalue weighted by molar-refractivity contribution is 5.94. The minimum atomic E-state index is 0.0811. The van der Waals surface area contributed by atoms with Crippen molar-refractivity contribution in [2.75, 3.05) is 19.6 Å². The number of carbonyl (C=O) groups is 2. The van der Waals surface area contributed by atoms with Gasteiger partial charge < -0.3 is 9.80 Å². The minimum absolute atomic E-state index is 0.0811. The van der Waals surface area contributed by atoms with Crippen molar-refractivity contribution in [3.63, 3.8) is 0 Å². The highest BCUT2D eigenvalue weighted by Gasteiger charge is 2.28. The summed E-state index contributed by atoms with van der Waals surface area (Å²) in [6.45, 7) is 4.54. The van der Waals surface area contributed by atoms with Crippen molar-refractivity contribution in [1.29, 1.82) is 0 Å². The average molecular weight is 357 g/mol. The first-order valence-electron chi connectivity index (χ1n) is 10.3. The molecule has 2 amide bonds. The Morgan fingerprint density at radius 1 is 1.00 bits per heavy atom. The van der Waals surface area contributed by atoms with E-state index in [0.717, 1.165) is 50.3 Å². The van der Waals surface area contributed by atoms with Crippen LogP contribution in [0.4, 0.5) is 0 Å². The van der Waals surface area contributed by atoms with Crippen LogP contribution in [0.3, 0.4) is 0 Å². The van der Waals surface area contributed by atoms with E-state index in [-0.39, 0.29) is 17.9 Å². The summed E-state index contributed by atoms with van der Waals surface area (Å²) in [7, 11) is 0. The summed E-state index contributed by atoms with van der Waals surface area (Å²) in [5, 5.41) is 0. The molecule has 2 fully saturated rings. The molecular weight excluding hydrogens is 324 g/mol. The van der Waals surface area contributed by atoms with Gasteiger partial charge >= 0.3 is 0 Å². The van der Waals surface area contributed by atoms with Crippen LogP contribution in [-0.4, -0.2) is 47.3 Å². The third kappa shape index (κ3) is 4.87. The van der Waals surface area contributed by atoms with Gasteiger partial charge in [-0.25, -0.2) is 0 Å². The van der Waals surface area contributed by atoms with Crippen LogP contribution in [0.15, 0.2) is 30.3 Å².